The smallest absolute Gasteiger partial charge is 0.411 e. The molecule has 5 heteroatoms. The molecule has 2 fully saturated rings. The predicted octanol–water partition coefficient (Wildman–Crippen LogP) is 2.39. The van der Waals surface area contributed by atoms with E-state index in [0.717, 1.165) is 25.7 Å². The summed E-state index contributed by atoms with van der Waals surface area (Å²) in [5.74, 6) is -0.859. The van der Waals surface area contributed by atoms with Crippen LogP contribution in [0.5, 0.6) is 0 Å². The summed E-state index contributed by atoms with van der Waals surface area (Å²) in [6.07, 6.45) is 3.52. The van der Waals surface area contributed by atoms with Crippen LogP contribution in [0, 0.1) is 0 Å². The summed E-state index contributed by atoms with van der Waals surface area (Å²) in [6, 6.07) is -0.197. The third-order valence-corrected chi connectivity index (χ3v) is 3.78. The minimum atomic E-state index is -0.859. The van der Waals surface area contributed by atoms with E-state index in [1.54, 1.807) is 4.90 Å². The minimum Gasteiger partial charge on any atom is -0.481 e. The van der Waals surface area contributed by atoms with Gasteiger partial charge in [-0.3, -0.25) is 9.69 Å². The Balaban J connectivity index is 2.05. The van der Waals surface area contributed by atoms with Crippen LogP contribution in [0.2, 0.25) is 0 Å². The number of carboxylic acids is 1. The Morgan fingerprint density at radius 2 is 2.00 bits per heavy atom. The van der Waals surface area contributed by atoms with Crippen molar-refractivity contribution in [1.82, 2.24) is 4.90 Å². The molecule has 1 heterocycles. The number of carboxylic acid groups (broad SMARTS) is 1. The van der Waals surface area contributed by atoms with E-state index in [0.29, 0.717) is 0 Å². The summed E-state index contributed by atoms with van der Waals surface area (Å²) in [6.45, 7) is 5.47. The summed E-state index contributed by atoms with van der Waals surface area (Å²) in [7, 11) is 0. The standard InChI is InChI=1S/C13H21NO4/c1-12(2,3)18-11(17)14-9(7-10(15)16)8-13(14)5-4-6-13/h9H,4-8H2,1-3H3,(H,15,16). The fourth-order valence-electron chi connectivity index (χ4n) is 2.95. The van der Waals surface area contributed by atoms with E-state index in [4.69, 9.17) is 9.84 Å². The first-order valence-corrected chi connectivity index (χ1v) is 6.48. The predicted molar refractivity (Wildman–Crippen MR) is 65.3 cm³/mol. The Bertz CT molecular complexity index is 368. The van der Waals surface area contributed by atoms with Gasteiger partial charge < -0.3 is 9.84 Å². The third-order valence-electron chi connectivity index (χ3n) is 3.78. The van der Waals surface area contributed by atoms with Crippen molar-refractivity contribution < 1.29 is 19.4 Å². The highest BCUT2D eigenvalue weighted by Gasteiger charge is 2.58. The highest BCUT2D eigenvalue weighted by atomic mass is 16.6. The van der Waals surface area contributed by atoms with Gasteiger partial charge in [-0.15, -0.1) is 0 Å². The van der Waals surface area contributed by atoms with Crippen molar-refractivity contribution in [1.29, 1.82) is 0 Å². The Labute approximate surface area is 107 Å². The highest BCUT2D eigenvalue weighted by molar-refractivity contribution is 5.74. The Morgan fingerprint density at radius 1 is 1.39 bits per heavy atom. The van der Waals surface area contributed by atoms with Gasteiger partial charge >= 0.3 is 12.1 Å². The Hall–Kier alpha value is -1.26. The van der Waals surface area contributed by atoms with E-state index >= 15 is 0 Å². The molecule has 1 atom stereocenters. The van der Waals surface area contributed by atoms with Gasteiger partial charge in [-0.25, -0.2) is 4.79 Å². The second-order valence-electron chi connectivity index (χ2n) is 6.38. The first kappa shape index (κ1) is 13.2. The molecular formula is C13H21NO4. The van der Waals surface area contributed by atoms with Crippen LogP contribution >= 0.6 is 0 Å². The third kappa shape index (κ3) is 2.31. The number of carbonyl (C=O) groups excluding carboxylic acids is 1. The summed E-state index contributed by atoms with van der Waals surface area (Å²) in [4.78, 5) is 24.6. The number of rotatable bonds is 2. The zero-order chi connectivity index (χ0) is 13.6. The molecule has 5 nitrogen and oxygen atoms in total. The minimum absolute atomic E-state index is 0.0149. The lowest BCUT2D eigenvalue weighted by atomic mass is 9.64. The number of likely N-dealkylation sites (tertiary alicyclic amines) is 1. The van der Waals surface area contributed by atoms with Gasteiger partial charge in [0.1, 0.15) is 5.60 Å². The molecule has 1 amide bonds. The lowest BCUT2D eigenvalue weighted by molar-refractivity contribution is -0.149. The molecular weight excluding hydrogens is 234 g/mol. The Morgan fingerprint density at radius 3 is 2.39 bits per heavy atom. The zero-order valence-electron chi connectivity index (χ0n) is 11.2. The number of hydrogen-bond acceptors (Lipinski definition) is 3. The molecule has 1 spiro atoms. The molecule has 18 heavy (non-hydrogen) atoms. The van der Waals surface area contributed by atoms with Crippen molar-refractivity contribution in [2.24, 2.45) is 0 Å². The lowest BCUT2D eigenvalue weighted by Crippen LogP contribution is -2.71. The fourth-order valence-corrected chi connectivity index (χ4v) is 2.95. The van der Waals surface area contributed by atoms with Gasteiger partial charge in [-0.1, -0.05) is 0 Å². The maximum atomic E-state index is 12.2. The first-order valence-electron chi connectivity index (χ1n) is 6.48. The molecule has 1 N–H and O–H groups in total. The molecule has 0 bridgehead atoms. The largest absolute Gasteiger partial charge is 0.481 e. The topological polar surface area (TPSA) is 66.8 Å². The molecule has 1 unspecified atom stereocenters. The molecule has 1 saturated heterocycles. The van der Waals surface area contributed by atoms with Gasteiger partial charge in [0.05, 0.1) is 6.42 Å². The van der Waals surface area contributed by atoms with Crippen molar-refractivity contribution >= 4 is 12.1 Å². The van der Waals surface area contributed by atoms with Crippen molar-refractivity contribution in [3.8, 4) is 0 Å². The highest BCUT2D eigenvalue weighted by Crippen LogP contribution is 2.52. The van der Waals surface area contributed by atoms with Crippen LogP contribution in [0.1, 0.15) is 52.9 Å². The van der Waals surface area contributed by atoms with Crippen LogP contribution in [-0.2, 0) is 9.53 Å². The van der Waals surface area contributed by atoms with Gasteiger partial charge in [0.2, 0.25) is 0 Å². The number of hydrogen-bond donors (Lipinski definition) is 1. The van der Waals surface area contributed by atoms with Gasteiger partial charge in [0, 0.05) is 11.6 Å². The van der Waals surface area contributed by atoms with Crippen LogP contribution < -0.4 is 0 Å². The average Bonchev–Trinajstić information content (AvgIpc) is 2.03. The molecule has 1 aliphatic carbocycles. The zero-order valence-corrected chi connectivity index (χ0v) is 11.2. The molecule has 0 aromatic carbocycles. The maximum absolute atomic E-state index is 12.2. The molecule has 0 aromatic heterocycles. The molecule has 0 radical (unpaired) electrons. The lowest BCUT2D eigenvalue weighted by Gasteiger charge is -2.62. The van der Waals surface area contributed by atoms with E-state index in [-0.39, 0.29) is 24.1 Å². The maximum Gasteiger partial charge on any atom is 0.411 e. The van der Waals surface area contributed by atoms with E-state index in [9.17, 15) is 9.59 Å². The van der Waals surface area contributed by atoms with Gasteiger partial charge in [0.25, 0.3) is 0 Å². The Kier molecular flexibility index (Phi) is 3.03. The summed E-state index contributed by atoms with van der Waals surface area (Å²) < 4.78 is 5.38. The number of aliphatic carboxylic acids is 1. The van der Waals surface area contributed by atoms with Gasteiger partial charge in [-0.05, 0) is 46.5 Å². The van der Waals surface area contributed by atoms with Crippen molar-refractivity contribution in [2.75, 3.05) is 0 Å². The molecule has 1 aliphatic heterocycles. The second-order valence-corrected chi connectivity index (χ2v) is 6.38. The van der Waals surface area contributed by atoms with Gasteiger partial charge in [0.15, 0.2) is 0 Å². The van der Waals surface area contributed by atoms with Crippen molar-refractivity contribution in [3.63, 3.8) is 0 Å². The van der Waals surface area contributed by atoms with E-state index in [1.807, 2.05) is 20.8 Å². The van der Waals surface area contributed by atoms with E-state index in [1.165, 1.54) is 0 Å². The second kappa shape index (κ2) is 4.14. The SMILES string of the molecule is CC(C)(C)OC(=O)N1C(CC(=O)O)CC12CCC2. The number of ether oxygens (including phenoxy) is 1. The molecule has 2 aliphatic rings. The van der Waals surface area contributed by atoms with Crippen molar-refractivity contribution in [2.45, 2.75) is 70.1 Å². The van der Waals surface area contributed by atoms with Crippen LogP contribution in [0.3, 0.4) is 0 Å². The van der Waals surface area contributed by atoms with Crippen LogP contribution in [0.15, 0.2) is 0 Å². The van der Waals surface area contributed by atoms with E-state index < -0.39 is 11.6 Å². The molecule has 102 valence electrons. The molecule has 1 saturated carbocycles. The van der Waals surface area contributed by atoms with Gasteiger partial charge in [-0.2, -0.15) is 0 Å². The van der Waals surface area contributed by atoms with E-state index in [2.05, 4.69) is 0 Å². The number of amides is 1. The monoisotopic (exact) mass is 255 g/mol. The normalized spacial score (nSPS) is 25.3. The molecule has 2 rings (SSSR count). The summed E-state index contributed by atoms with van der Waals surface area (Å²) in [5.41, 5.74) is -0.631. The number of carbonyl (C=O) groups is 2. The number of nitrogens with zero attached hydrogens (tertiary/aromatic N) is 1. The van der Waals surface area contributed by atoms with Crippen molar-refractivity contribution in [3.05, 3.63) is 0 Å². The fraction of sp³-hybridized carbons (Fsp3) is 0.846. The average molecular weight is 255 g/mol. The summed E-state index contributed by atoms with van der Waals surface area (Å²) >= 11 is 0. The molecule has 0 aromatic rings. The van der Waals surface area contributed by atoms with Crippen LogP contribution in [0.25, 0.3) is 0 Å². The van der Waals surface area contributed by atoms with Crippen LogP contribution in [0.4, 0.5) is 4.79 Å². The quantitative estimate of drug-likeness (QED) is 0.822. The summed E-state index contributed by atoms with van der Waals surface area (Å²) in [5, 5.41) is 8.86. The first-order chi connectivity index (χ1) is 8.23. The van der Waals surface area contributed by atoms with Crippen LogP contribution in [-0.4, -0.2) is 39.3 Å².